The smallest absolute Gasteiger partial charge is 0.115 e. The lowest BCUT2D eigenvalue weighted by Crippen LogP contribution is -2.30. The maximum atomic E-state index is 11.6. The molecule has 0 radical (unpaired) electrons. The zero-order chi connectivity index (χ0) is 18.4. The van der Waals surface area contributed by atoms with Crippen LogP contribution in [-0.4, -0.2) is 35.8 Å². The summed E-state index contributed by atoms with van der Waals surface area (Å²) in [6.45, 7) is 0.592. The summed E-state index contributed by atoms with van der Waals surface area (Å²) in [5, 5.41) is 31.0. The molecule has 2 aromatic carbocycles. The Hall–Kier alpha value is -1.90. The molecule has 0 amide bonds. The number of rotatable bonds is 7. The fourth-order valence-electron chi connectivity index (χ4n) is 3.01. The van der Waals surface area contributed by atoms with Crippen molar-refractivity contribution < 1.29 is 10.2 Å². The van der Waals surface area contributed by atoms with Gasteiger partial charge in [0.15, 0.2) is 0 Å². The highest BCUT2D eigenvalue weighted by Crippen LogP contribution is 2.37. The molecule has 2 aromatic rings. The van der Waals surface area contributed by atoms with Crippen LogP contribution in [0.15, 0.2) is 42.5 Å². The van der Waals surface area contributed by atoms with E-state index in [1.165, 1.54) is 0 Å². The first-order chi connectivity index (χ1) is 11.9. The maximum Gasteiger partial charge on any atom is 0.115 e. The Bertz CT molecular complexity index is 753. The molecular formula is C20H23ClN2O2. The van der Waals surface area contributed by atoms with E-state index >= 15 is 0 Å². The fraction of sp³-hybridized carbons (Fsp3) is 0.350. The molecule has 0 spiro atoms. The standard InChI is InChI=1S/C20H23ClN2O2/c1-23(2)11-3-10-20(25,17-5-7-18(21)8-6-17)19-9-4-15(13-22)12-16(19)14-24/h4-9,12,24-25H,3,10-11,14H2,1-2H3/t20-/m1/s1. The van der Waals surface area contributed by atoms with Gasteiger partial charge < -0.3 is 15.1 Å². The van der Waals surface area contributed by atoms with Crippen molar-refractivity contribution >= 4 is 11.6 Å². The van der Waals surface area contributed by atoms with Crippen LogP contribution in [0.4, 0.5) is 0 Å². The molecule has 0 saturated carbocycles. The summed E-state index contributed by atoms with van der Waals surface area (Å²) in [5.41, 5.74) is 1.10. The van der Waals surface area contributed by atoms with Gasteiger partial charge in [-0.2, -0.15) is 5.26 Å². The number of benzene rings is 2. The van der Waals surface area contributed by atoms with Crippen LogP contribution in [0.3, 0.4) is 0 Å². The second-order valence-electron chi connectivity index (χ2n) is 6.42. The van der Waals surface area contributed by atoms with Gasteiger partial charge in [0.1, 0.15) is 5.60 Å². The van der Waals surface area contributed by atoms with Crippen molar-refractivity contribution in [2.75, 3.05) is 20.6 Å². The first-order valence-electron chi connectivity index (χ1n) is 8.18. The third-order valence-electron chi connectivity index (χ3n) is 4.32. The number of nitriles is 1. The minimum atomic E-state index is -1.26. The summed E-state index contributed by atoms with van der Waals surface area (Å²) in [6, 6.07) is 14.2. The van der Waals surface area contributed by atoms with Crippen LogP contribution in [0.2, 0.25) is 5.02 Å². The van der Waals surface area contributed by atoms with Gasteiger partial charge in [0.2, 0.25) is 0 Å². The Labute approximate surface area is 153 Å². The number of nitrogens with zero attached hydrogens (tertiary/aromatic N) is 2. The van der Waals surface area contributed by atoms with Gasteiger partial charge in [-0.15, -0.1) is 0 Å². The van der Waals surface area contributed by atoms with Gasteiger partial charge >= 0.3 is 0 Å². The molecule has 4 nitrogen and oxygen atoms in total. The van der Waals surface area contributed by atoms with Crippen molar-refractivity contribution in [2.24, 2.45) is 0 Å². The lowest BCUT2D eigenvalue weighted by Gasteiger charge is -2.32. The van der Waals surface area contributed by atoms with Gasteiger partial charge in [0.05, 0.1) is 18.2 Å². The average molecular weight is 359 g/mol. The molecule has 132 valence electrons. The molecule has 0 unspecified atom stereocenters. The summed E-state index contributed by atoms with van der Waals surface area (Å²) >= 11 is 5.99. The van der Waals surface area contributed by atoms with Crippen LogP contribution in [0.1, 0.15) is 35.1 Å². The van der Waals surface area contributed by atoms with Crippen molar-refractivity contribution in [3.8, 4) is 6.07 Å². The van der Waals surface area contributed by atoms with E-state index in [1.54, 1.807) is 42.5 Å². The predicted molar refractivity (Wildman–Crippen MR) is 99.3 cm³/mol. The third kappa shape index (κ3) is 4.59. The second-order valence-corrected chi connectivity index (χ2v) is 6.85. The Morgan fingerprint density at radius 3 is 2.40 bits per heavy atom. The Kier molecular flexibility index (Phi) is 6.57. The largest absolute Gasteiger partial charge is 0.392 e. The minimum Gasteiger partial charge on any atom is -0.392 e. The van der Waals surface area contributed by atoms with E-state index in [-0.39, 0.29) is 6.61 Å². The van der Waals surface area contributed by atoms with E-state index in [9.17, 15) is 10.2 Å². The van der Waals surface area contributed by atoms with Gasteiger partial charge in [-0.25, -0.2) is 0 Å². The fourth-order valence-corrected chi connectivity index (χ4v) is 3.13. The third-order valence-corrected chi connectivity index (χ3v) is 4.57. The van der Waals surface area contributed by atoms with Crippen LogP contribution in [-0.2, 0) is 12.2 Å². The zero-order valence-electron chi connectivity index (χ0n) is 14.5. The van der Waals surface area contributed by atoms with E-state index < -0.39 is 5.60 Å². The van der Waals surface area contributed by atoms with E-state index in [2.05, 4.69) is 11.0 Å². The van der Waals surface area contributed by atoms with Gasteiger partial charge in [-0.3, -0.25) is 0 Å². The lowest BCUT2D eigenvalue weighted by molar-refractivity contribution is 0.0641. The van der Waals surface area contributed by atoms with Crippen molar-refractivity contribution in [3.05, 3.63) is 69.7 Å². The molecular weight excluding hydrogens is 336 g/mol. The maximum absolute atomic E-state index is 11.6. The highest BCUT2D eigenvalue weighted by atomic mass is 35.5. The van der Waals surface area contributed by atoms with Crippen LogP contribution >= 0.6 is 11.6 Å². The molecule has 1 atom stereocenters. The normalized spacial score (nSPS) is 13.5. The molecule has 25 heavy (non-hydrogen) atoms. The summed E-state index contributed by atoms with van der Waals surface area (Å²) in [5.74, 6) is 0. The number of hydrogen-bond donors (Lipinski definition) is 2. The van der Waals surface area contributed by atoms with E-state index in [4.69, 9.17) is 16.9 Å². The molecule has 0 aliphatic rings. The Morgan fingerprint density at radius 1 is 1.16 bits per heavy atom. The van der Waals surface area contributed by atoms with Gasteiger partial charge in [-0.05, 0) is 74.4 Å². The number of hydrogen-bond acceptors (Lipinski definition) is 4. The molecule has 2 N–H and O–H groups in total. The van der Waals surface area contributed by atoms with E-state index in [1.807, 2.05) is 14.1 Å². The first kappa shape index (κ1) is 19.4. The SMILES string of the molecule is CN(C)CCC[C@@](O)(c1ccc(Cl)cc1)c1ccc(C#N)cc1CO. The molecule has 0 fully saturated rings. The van der Waals surface area contributed by atoms with Crippen molar-refractivity contribution in [3.63, 3.8) is 0 Å². The molecule has 5 heteroatoms. The molecule has 0 aliphatic heterocycles. The summed E-state index contributed by atoms with van der Waals surface area (Å²) in [6.07, 6.45) is 1.27. The molecule has 0 aromatic heterocycles. The van der Waals surface area contributed by atoms with Crippen molar-refractivity contribution in [1.29, 1.82) is 5.26 Å². The highest BCUT2D eigenvalue weighted by Gasteiger charge is 2.33. The summed E-state index contributed by atoms with van der Waals surface area (Å²) < 4.78 is 0. The van der Waals surface area contributed by atoms with Crippen LogP contribution < -0.4 is 0 Å². The summed E-state index contributed by atoms with van der Waals surface area (Å²) in [7, 11) is 3.98. The summed E-state index contributed by atoms with van der Waals surface area (Å²) in [4.78, 5) is 2.06. The van der Waals surface area contributed by atoms with Crippen LogP contribution in [0.25, 0.3) is 0 Å². The van der Waals surface area contributed by atoms with Crippen molar-refractivity contribution in [2.45, 2.75) is 25.0 Å². The molecule has 0 aliphatic carbocycles. The number of aliphatic hydroxyl groups excluding tert-OH is 1. The molecule has 0 saturated heterocycles. The highest BCUT2D eigenvalue weighted by molar-refractivity contribution is 6.30. The zero-order valence-corrected chi connectivity index (χ0v) is 15.3. The molecule has 2 rings (SSSR count). The van der Waals surface area contributed by atoms with E-state index in [0.717, 1.165) is 18.5 Å². The monoisotopic (exact) mass is 358 g/mol. The van der Waals surface area contributed by atoms with Crippen LogP contribution in [0.5, 0.6) is 0 Å². The number of halogens is 1. The average Bonchev–Trinajstić information content (AvgIpc) is 2.61. The minimum absolute atomic E-state index is 0.242. The predicted octanol–water partition coefficient (Wildman–Crippen LogP) is 3.28. The number of aliphatic hydroxyl groups is 2. The van der Waals surface area contributed by atoms with Gasteiger partial charge in [0.25, 0.3) is 0 Å². The lowest BCUT2D eigenvalue weighted by atomic mass is 9.80. The Balaban J connectivity index is 2.51. The molecule has 0 bridgehead atoms. The quantitative estimate of drug-likeness (QED) is 0.797. The van der Waals surface area contributed by atoms with Gasteiger partial charge in [0, 0.05) is 5.02 Å². The first-order valence-corrected chi connectivity index (χ1v) is 8.56. The van der Waals surface area contributed by atoms with Crippen LogP contribution in [0, 0.1) is 11.3 Å². The molecule has 0 heterocycles. The topological polar surface area (TPSA) is 67.5 Å². The van der Waals surface area contributed by atoms with Crippen molar-refractivity contribution in [1.82, 2.24) is 4.90 Å². The Morgan fingerprint density at radius 2 is 1.84 bits per heavy atom. The van der Waals surface area contributed by atoms with Gasteiger partial charge in [-0.1, -0.05) is 29.8 Å². The van der Waals surface area contributed by atoms with E-state index in [0.29, 0.717) is 28.1 Å². The second kappa shape index (κ2) is 8.46.